The number of ether oxygens (including phenoxy) is 1. The quantitative estimate of drug-likeness (QED) is 0.714. The van der Waals surface area contributed by atoms with Gasteiger partial charge in [-0.25, -0.2) is 4.79 Å². The molecule has 1 heterocycles. The van der Waals surface area contributed by atoms with Gasteiger partial charge in [0.05, 0.1) is 12.7 Å². The summed E-state index contributed by atoms with van der Waals surface area (Å²) in [4.78, 5) is 14.1. The first kappa shape index (κ1) is 19.0. The molecule has 0 N–H and O–H groups in total. The van der Waals surface area contributed by atoms with Gasteiger partial charge in [-0.1, -0.05) is 63.5 Å². The fourth-order valence-electron chi connectivity index (χ4n) is 3.48. The molecule has 3 nitrogen and oxygen atoms in total. The molecule has 0 spiro atoms. The van der Waals surface area contributed by atoms with Gasteiger partial charge in [0, 0.05) is 6.54 Å². The lowest BCUT2D eigenvalue weighted by atomic mass is 10.1. The van der Waals surface area contributed by atoms with E-state index >= 15 is 0 Å². The van der Waals surface area contributed by atoms with E-state index < -0.39 is 0 Å². The van der Waals surface area contributed by atoms with Crippen LogP contribution in [-0.2, 0) is 11.3 Å². The Morgan fingerprint density at radius 1 is 0.833 bits per heavy atom. The molecule has 1 aliphatic rings. The molecule has 0 radical (unpaired) electrons. The van der Waals surface area contributed by atoms with Gasteiger partial charge < -0.3 is 4.74 Å². The van der Waals surface area contributed by atoms with Crippen LogP contribution in [0.3, 0.4) is 0 Å². The number of benzene rings is 1. The van der Waals surface area contributed by atoms with E-state index in [9.17, 15) is 4.79 Å². The number of nitrogens with zero attached hydrogens (tertiary/aromatic N) is 1. The van der Waals surface area contributed by atoms with Gasteiger partial charge in [0.15, 0.2) is 0 Å². The summed E-state index contributed by atoms with van der Waals surface area (Å²) < 4.78 is 4.77. The number of rotatable bonds is 3. The molecule has 2 rings (SSSR count). The number of methoxy groups -OCH3 is 1. The number of carbonyl (C=O) groups excluding carboxylic acids is 1. The van der Waals surface area contributed by atoms with Crippen molar-refractivity contribution in [2.45, 2.75) is 70.8 Å². The topological polar surface area (TPSA) is 29.5 Å². The summed E-state index contributed by atoms with van der Waals surface area (Å²) in [6.45, 7) is 3.37. The largest absolute Gasteiger partial charge is 0.465 e. The zero-order valence-electron chi connectivity index (χ0n) is 15.3. The van der Waals surface area contributed by atoms with Gasteiger partial charge in [-0.15, -0.1) is 0 Å². The molecule has 0 unspecified atom stereocenters. The average Bonchev–Trinajstić information content (AvgIpc) is 2.64. The summed E-state index contributed by atoms with van der Waals surface area (Å²) in [5.41, 5.74) is 1.91. The van der Waals surface area contributed by atoms with Crippen molar-refractivity contribution in [2.75, 3.05) is 20.2 Å². The van der Waals surface area contributed by atoms with Gasteiger partial charge in [0.1, 0.15) is 0 Å². The fourth-order valence-corrected chi connectivity index (χ4v) is 3.48. The maximum Gasteiger partial charge on any atom is 0.337 e. The molecule has 3 heteroatoms. The first-order chi connectivity index (χ1) is 11.8. The van der Waals surface area contributed by atoms with Crippen LogP contribution < -0.4 is 0 Å². The molecule has 1 fully saturated rings. The van der Waals surface area contributed by atoms with E-state index in [0.29, 0.717) is 5.56 Å². The maximum absolute atomic E-state index is 11.5. The number of hydrogen-bond acceptors (Lipinski definition) is 3. The first-order valence-corrected chi connectivity index (χ1v) is 9.69. The minimum Gasteiger partial charge on any atom is -0.465 e. The van der Waals surface area contributed by atoms with Gasteiger partial charge in [0.25, 0.3) is 0 Å². The van der Waals surface area contributed by atoms with Crippen LogP contribution in [0.15, 0.2) is 24.3 Å². The highest BCUT2D eigenvalue weighted by Crippen LogP contribution is 2.15. The number of carbonyl (C=O) groups is 1. The second-order valence-corrected chi connectivity index (χ2v) is 7.00. The van der Waals surface area contributed by atoms with E-state index in [1.54, 1.807) is 0 Å². The molecule has 24 heavy (non-hydrogen) atoms. The predicted molar refractivity (Wildman–Crippen MR) is 99.2 cm³/mol. The van der Waals surface area contributed by atoms with E-state index in [-0.39, 0.29) is 5.97 Å². The van der Waals surface area contributed by atoms with Crippen LogP contribution in [0.25, 0.3) is 0 Å². The van der Waals surface area contributed by atoms with Gasteiger partial charge in [0.2, 0.25) is 0 Å². The van der Waals surface area contributed by atoms with Gasteiger partial charge >= 0.3 is 5.97 Å². The van der Waals surface area contributed by atoms with Crippen molar-refractivity contribution in [3.05, 3.63) is 35.4 Å². The molecular formula is C21H33NO2. The second kappa shape index (κ2) is 11.2. The van der Waals surface area contributed by atoms with Crippen LogP contribution in [0.2, 0.25) is 0 Å². The van der Waals surface area contributed by atoms with Crippen molar-refractivity contribution in [1.82, 2.24) is 4.90 Å². The molecule has 0 aromatic heterocycles. The summed E-state index contributed by atoms with van der Waals surface area (Å²) in [7, 11) is 1.43. The fraction of sp³-hybridized carbons (Fsp3) is 0.667. The van der Waals surface area contributed by atoms with Gasteiger partial charge in [-0.2, -0.15) is 0 Å². The molecule has 1 aromatic rings. The Labute approximate surface area is 147 Å². The minimum atomic E-state index is -0.260. The Morgan fingerprint density at radius 2 is 1.29 bits per heavy atom. The molecule has 0 amide bonds. The van der Waals surface area contributed by atoms with Crippen LogP contribution in [-0.4, -0.2) is 31.1 Å². The lowest BCUT2D eigenvalue weighted by Crippen LogP contribution is -2.25. The molecule has 0 aliphatic carbocycles. The minimum absolute atomic E-state index is 0.260. The monoisotopic (exact) mass is 331 g/mol. The van der Waals surface area contributed by atoms with Gasteiger partial charge in [-0.3, -0.25) is 4.90 Å². The Kier molecular flexibility index (Phi) is 8.90. The van der Waals surface area contributed by atoms with Crippen molar-refractivity contribution in [1.29, 1.82) is 0 Å². The molecule has 1 aliphatic heterocycles. The summed E-state index contributed by atoms with van der Waals surface area (Å²) in [5, 5.41) is 0. The third-order valence-electron chi connectivity index (χ3n) is 4.98. The standard InChI is InChI=1S/C21H33NO2/c1-24-21(23)20-14-12-19(13-15-20)18-22-16-10-8-6-4-2-3-5-7-9-11-17-22/h12-15H,2-11,16-18H2,1H3. The van der Waals surface area contributed by atoms with E-state index in [1.165, 1.54) is 90.0 Å². The van der Waals surface area contributed by atoms with Crippen LogP contribution in [0, 0.1) is 0 Å². The lowest BCUT2D eigenvalue weighted by Gasteiger charge is -2.22. The zero-order valence-corrected chi connectivity index (χ0v) is 15.3. The van der Waals surface area contributed by atoms with Crippen molar-refractivity contribution in [3.8, 4) is 0 Å². The van der Waals surface area contributed by atoms with Crippen molar-refractivity contribution in [3.63, 3.8) is 0 Å². The Bertz CT molecular complexity index is 455. The number of esters is 1. The third kappa shape index (κ3) is 7.04. The molecule has 1 aromatic carbocycles. The first-order valence-electron chi connectivity index (χ1n) is 9.69. The summed E-state index contributed by atoms with van der Waals surface area (Å²) in [6, 6.07) is 7.88. The van der Waals surface area contributed by atoms with E-state index in [0.717, 1.165) is 6.54 Å². The van der Waals surface area contributed by atoms with Crippen molar-refractivity contribution in [2.24, 2.45) is 0 Å². The average molecular weight is 332 g/mol. The molecule has 0 bridgehead atoms. The molecular weight excluding hydrogens is 298 g/mol. The van der Waals surface area contributed by atoms with Crippen LogP contribution in [0.1, 0.15) is 80.1 Å². The summed E-state index contributed by atoms with van der Waals surface area (Å²) in [6.07, 6.45) is 13.8. The van der Waals surface area contributed by atoms with Crippen molar-refractivity contribution < 1.29 is 9.53 Å². The summed E-state index contributed by atoms with van der Waals surface area (Å²) >= 11 is 0. The highest BCUT2D eigenvalue weighted by Gasteiger charge is 2.09. The smallest absolute Gasteiger partial charge is 0.337 e. The molecule has 0 atom stereocenters. The highest BCUT2D eigenvalue weighted by molar-refractivity contribution is 5.89. The zero-order chi connectivity index (χ0) is 17.0. The van der Waals surface area contributed by atoms with E-state index in [4.69, 9.17) is 4.74 Å². The maximum atomic E-state index is 11.5. The number of hydrogen-bond donors (Lipinski definition) is 0. The van der Waals surface area contributed by atoms with E-state index in [1.807, 2.05) is 12.1 Å². The van der Waals surface area contributed by atoms with Crippen LogP contribution in [0.5, 0.6) is 0 Å². The highest BCUT2D eigenvalue weighted by atomic mass is 16.5. The lowest BCUT2D eigenvalue weighted by molar-refractivity contribution is 0.0600. The molecule has 1 saturated heterocycles. The third-order valence-corrected chi connectivity index (χ3v) is 4.98. The molecule has 0 saturated carbocycles. The Morgan fingerprint density at radius 3 is 1.75 bits per heavy atom. The van der Waals surface area contributed by atoms with Gasteiger partial charge in [-0.05, 0) is 43.6 Å². The summed E-state index contributed by atoms with van der Waals surface area (Å²) in [5.74, 6) is -0.260. The second-order valence-electron chi connectivity index (χ2n) is 7.00. The van der Waals surface area contributed by atoms with Crippen molar-refractivity contribution >= 4 is 5.97 Å². The van der Waals surface area contributed by atoms with Crippen LogP contribution in [0.4, 0.5) is 0 Å². The Balaban J connectivity index is 1.87. The predicted octanol–water partition coefficient (Wildman–Crippen LogP) is 5.19. The van der Waals surface area contributed by atoms with Crippen LogP contribution >= 0.6 is 0 Å². The normalized spacial score (nSPS) is 18.9. The Hall–Kier alpha value is -1.35. The molecule has 134 valence electrons. The SMILES string of the molecule is COC(=O)c1ccc(CN2CCCCCCCCCCCC2)cc1. The van der Waals surface area contributed by atoms with E-state index in [2.05, 4.69) is 17.0 Å².